The molecule has 10 heavy (non-hydrogen) atoms. The number of allylic oxidation sites excluding steroid dienone is 2. The van der Waals surface area contributed by atoms with Crippen LogP contribution in [0.15, 0.2) is 11.7 Å². The minimum Gasteiger partial charge on any atom is -0.209 e. The number of rotatable bonds is 0. The molecule has 0 bridgehead atoms. The Bertz CT molecular complexity index is 143. The van der Waals surface area contributed by atoms with Crippen molar-refractivity contribution in [2.24, 2.45) is 11.8 Å². The molecule has 0 heterocycles. The minimum atomic E-state index is -0.529. The standard InChI is InChI=1S/C8H12F2/c1-5-3-4-6(2)8(10)7(5)9/h5-6H,3-4H2,1-2H3/t5-,6+. The van der Waals surface area contributed by atoms with Crippen molar-refractivity contribution in [2.75, 3.05) is 0 Å². The van der Waals surface area contributed by atoms with E-state index >= 15 is 0 Å². The lowest BCUT2D eigenvalue weighted by atomic mass is 9.89. The van der Waals surface area contributed by atoms with Gasteiger partial charge in [0.15, 0.2) is 0 Å². The maximum Gasteiger partial charge on any atom is 0.134 e. The van der Waals surface area contributed by atoms with Gasteiger partial charge in [0.05, 0.1) is 0 Å². The van der Waals surface area contributed by atoms with Crippen molar-refractivity contribution in [1.82, 2.24) is 0 Å². The van der Waals surface area contributed by atoms with Crippen molar-refractivity contribution in [3.05, 3.63) is 11.7 Å². The maximum atomic E-state index is 12.7. The molecule has 0 fully saturated rings. The molecule has 0 aromatic rings. The number of hydrogen-bond acceptors (Lipinski definition) is 0. The number of halogens is 2. The molecule has 1 rings (SSSR count). The van der Waals surface area contributed by atoms with E-state index < -0.39 is 11.7 Å². The van der Waals surface area contributed by atoms with E-state index in [2.05, 4.69) is 0 Å². The minimum absolute atomic E-state index is 0.198. The first-order valence-electron chi connectivity index (χ1n) is 3.68. The molecule has 58 valence electrons. The molecule has 0 aromatic carbocycles. The van der Waals surface area contributed by atoms with Crippen molar-refractivity contribution in [3.8, 4) is 0 Å². The third-order valence-electron chi connectivity index (χ3n) is 2.13. The van der Waals surface area contributed by atoms with Crippen LogP contribution in [0.3, 0.4) is 0 Å². The van der Waals surface area contributed by atoms with Crippen LogP contribution in [0, 0.1) is 11.8 Å². The summed E-state index contributed by atoms with van der Waals surface area (Å²) in [5.74, 6) is -1.45. The quantitative estimate of drug-likeness (QED) is 0.492. The second-order valence-electron chi connectivity index (χ2n) is 3.08. The molecule has 1 aliphatic carbocycles. The van der Waals surface area contributed by atoms with Gasteiger partial charge in [0.2, 0.25) is 0 Å². The Morgan fingerprint density at radius 2 is 1.30 bits per heavy atom. The molecular formula is C8H12F2. The van der Waals surface area contributed by atoms with Gasteiger partial charge in [-0.1, -0.05) is 13.8 Å². The predicted octanol–water partition coefficient (Wildman–Crippen LogP) is 3.20. The molecule has 0 radical (unpaired) electrons. The van der Waals surface area contributed by atoms with Gasteiger partial charge in [0.1, 0.15) is 11.7 Å². The zero-order valence-electron chi connectivity index (χ0n) is 6.32. The zero-order chi connectivity index (χ0) is 7.72. The lowest BCUT2D eigenvalue weighted by Gasteiger charge is -2.20. The highest BCUT2D eigenvalue weighted by molar-refractivity contribution is 5.09. The van der Waals surface area contributed by atoms with Crippen molar-refractivity contribution >= 4 is 0 Å². The summed E-state index contributed by atoms with van der Waals surface area (Å²) in [7, 11) is 0. The summed E-state index contributed by atoms with van der Waals surface area (Å²) in [4.78, 5) is 0. The fourth-order valence-electron chi connectivity index (χ4n) is 1.22. The first-order chi connectivity index (χ1) is 4.63. The van der Waals surface area contributed by atoms with Gasteiger partial charge in [-0.3, -0.25) is 0 Å². The molecule has 0 unspecified atom stereocenters. The lowest BCUT2D eigenvalue weighted by molar-refractivity contribution is 0.318. The van der Waals surface area contributed by atoms with Crippen molar-refractivity contribution in [1.29, 1.82) is 0 Å². The van der Waals surface area contributed by atoms with Crippen LogP contribution in [-0.2, 0) is 0 Å². The Morgan fingerprint density at radius 1 is 1.00 bits per heavy atom. The Labute approximate surface area is 59.9 Å². The Kier molecular flexibility index (Phi) is 2.07. The molecule has 0 saturated carbocycles. The second-order valence-corrected chi connectivity index (χ2v) is 3.08. The molecule has 2 atom stereocenters. The summed E-state index contributed by atoms with van der Waals surface area (Å²) < 4.78 is 25.5. The topological polar surface area (TPSA) is 0 Å². The van der Waals surface area contributed by atoms with Crippen LogP contribution in [0.25, 0.3) is 0 Å². The SMILES string of the molecule is C[C@@H]1CC[C@H](C)C(F)=C1F. The number of hydrogen-bond donors (Lipinski definition) is 0. The van der Waals surface area contributed by atoms with Crippen LogP contribution in [-0.4, -0.2) is 0 Å². The van der Waals surface area contributed by atoms with Gasteiger partial charge in [-0.2, -0.15) is 0 Å². The van der Waals surface area contributed by atoms with Gasteiger partial charge < -0.3 is 0 Å². The van der Waals surface area contributed by atoms with Crippen molar-refractivity contribution in [3.63, 3.8) is 0 Å². The first-order valence-corrected chi connectivity index (χ1v) is 3.68. The molecule has 0 spiro atoms. The molecule has 0 N–H and O–H groups in total. The van der Waals surface area contributed by atoms with E-state index in [0.717, 1.165) is 12.8 Å². The van der Waals surface area contributed by atoms with Gasteiger partial charge in [-0.05, 0) is 12.8 Å². The largest absolute Gasteiger partial charge is 0.209 e. The summed E-state index contributed by atoms with van der Waals surface area (Å²) in [5, 5.41) is 0. The van der Waals surface area contributed by atoms with Crippen LogP contribution in [0.4, 0.5) is 8.78 Å². The van der Waals surface area contributed by atoms with Crippen LogP contribution in [0.2, 0.25) is 0 Å². The molecule has 1 aliphatic rings. The van der Waals surface area contributed by atoms with Crippen molar-refractivity contribution in [2.45, 2.75) is 26.7 Å². The monoisotopic (exact) mass is 146 g/mol. The first kappa shape index (κ1) is 7.70. The van der Waals surface area contributed by atoms with Crippen LogP contribution < -0.4 is 0 Å². The highest BCUT2D eigenvalue weighted by Crippen LogP contribution is 2.34. The Hall–Kier alpha value is -0.400. The summed E-state index contributed by atoms with van der Waals surface area (Å²) in [6.07, 6.45) is 1.56. The average Bonchev–Trinajstić information content (AvgIpc) is 1.93. The fourth-order valence-corrected chi connectivity index (χ4v) is 1.22. The summed E-state index contributed by atoms with van der Waals surface area (Å²) in [5.41, 5.74) is 0. The van der Waals surface area contributed by atoms with Crippen LogP contribution >= 0.6 is 0 Å². The van der Waals surface area contributed by atoms with E-state index in [1.807, 2.05) is 0 Å². The summed E-state index contributed by atoms with van der Waals surface area (Å²) >= 11 is 0. The highest BCUT2D eigenvalue weighted by Gasteiger charge is 2.24. The zero-order valence-corrected chi connectivity index (χ0v) is 6.32. The Morgan fingerprint density at radius 3 is 1.60 bits per heavy atom. The molecule has 0 amide bonds. The van der Waals surface area contributed by atoms with E-state index in [0.29, 0.717) is 0 Å². The third kappa shape index (κ3) is 1.20. The Balaban J connectivity index is 2.81. The van der Waals surface area contributed by atoms with Gasteiger partial charge in [0, 0.05) is 11.8 Å². The molecule has 0 nitrogen and oxygen atoms in total. The van der Waals surface area contributed by atoms with E-state index in [1.165, 1.54) is 0 Å². The van der Waals surface area contributed by atoms with Gasteiger partial charge in [0.25, 0.3) is 0 Å². The average molecular weight is 146 g/mol. The van der Waals surface area contributed by atoms with E-state index in [1.54, 1.807) is 13.8 Å². The van der Waals surface area contributed by atoms with E-state index in [9.17, 15) is 8.78 Å². The van der Waals surface area contributed by atoms with Gasteiger partial charge in [-0.25, -0.2) is 8.78 Å². The van der Waals surface area contributed by atoms with E-state index in [-0.39, 0.29) is 11.8 Å². The second kappa shape index (κ2) is 2.69. The molecule has 0 aliphatic heterocycles. The van der Waals surface area contributed by atoms with Crippen LogP contribution in [0.1, 0.15) is 26.7 Å². The smallest absolute Gasteiger partial charge is 0.134 e. The fraction of sp³-hybridized carbons (Fsp3) is 0.750. The molecule has 0 saturated heterocycles. The summed E-state index contributed by atoms with van der Waals surface area (Å²) in [6.45, 7) is 3.45. The van der Waals surface area contributed by atoms with Crippen LogP contribution in [0.5, 0.6) is 0 Å². The highest BCUT2D eigenvalue weighted by atomic mass is 19.2. The van der Waals surface area contributed by atoms with Crippen molar-refractivity contribution < 1.29 is 8.78 Å². The maximum absolute atomic E-state index is 12.7. The third-order valence-corrected chi connectivity index (χ3v) is 2.13. The predicted molar refractivity (Wildman–Crippen MR) is 36.8 cm³/mol. The molecule has 0 aromatic heterocycles. The lowest BCUT2D eigenvalue weighted by Crippen LogP contribution is -2.11. The normalized spacial score (nSPS) is 34.8. The summed E-state index contributed by atoms with van der Waals surface area (Å²) in [6, 6.07) is 0. The van der Waals surface area contributed by atoms with Gasteiger partial charge in [-0.15, -0.1) is 0 Å². The van der Waals surface area contributed by atoms with Gasteiger partial charge >= 0.3 is 0 Å². The molecular weight excluding hydrogens is 134 g/mol. The molecule has 2 heteroatoms. The van der Waals surface area contributed by atoms with E-state index in [4.69, 9.17) is 0 Å².